The zero-order valence-electron chi connectivity index (χ0n) is 18.4. The van der Waals surface area contributed by atoms with Gasteiger partial charge in [0, 0.05) is 32.2 Å². The Morgan fingerprint density at radius 3 is 1.65 bits per heavy atom. The molecule has 180 valence electrons. The summed E-state index contributed by atoms with van der Waals surface area (Å²) in [6.45, 7) is 5.86. The van der Waals surface area contributed by atoms with Crippen LogP contribution in [0, 0.1) is 0 Å². The zero-order valence-corrected chi connectivity index (χ0v) is 18.4. The van der Waals surface area contributed by atoms with Crippen molar-refractivity contribution in [3.63, 3.8) is 0 Å². The lowest BCUT2D eigenvalue weighted by atomic mass is 10.0. The van der Waals surface area contributed by atoms with Crippen LogP contribution in [-0.2, 0) is 26.2 Å². The van der Waals surface area contributed by atoms with E-state index < -0.39 is 0 Å². The van der Waals surface area contributed by atoms with Gasteiger partial charge in [-0.25, -0.2) is 20.4 Å². The van der Waals surface area contributed by atoms with E-state index in [1.54, 1.807) is 0 Å². The van der Waals surface area contributed by atoms with E-state index in [1.165, 1.54) is 0 Å². The molecule has 1 aliphatic heterocycles. The number of piperidine rings is 1. The fourth-order valence-corrected chi connectivity index (χ4v) is 4.13. The van der Waals surface area contributed by atoms with Crippen LogP contribution in [-0.4, -0.2) is 129 Å². The van der Waals surface area contributed by atoms with Crippen LogP contribution < -0.4 is 0 Å². The summed E-state index contributed by atoms with van der Waals surface area (Å²) in [5.41, 5.74) is 0. The number of likely N-dealkylation sites (tertiary alicyclic amines) is 1. The van der Waals surface area contributed by atoms with Gasteiger partial charge in [-0.15, -0.1) is 20.4 Å². The van der Waals surface area contributed by atoms with E-state index in [1.807, 2.05) is 0 Å². The van der Waals surface area contributed by atoms with Crippen LogP contribution in [0.25, 0.3) is 0 Å². The highest BCUT2D eigenvalue weighted by molar-refractivity contribution is 4.88. The van der Waals surface area contributed by atoms with Crippen molar-refractivity contribution in [1.29, 1.82) is 0 Å². The summed E-state index contributed by atoms with van der Waals surface area (Å²) in [5, 5.41) is 56.9. The Morgan fingerprint density at radius 2 is 1.15 bits per heavy atom. The molecule has 4 N–H and O–H groups in total. The molecule has 34 heavy (non-hydrogen) atoms. The molecule has 4 aromatic heterocycles. The smallest absolute Gasteiger partial charge is 0.162 e. The van der Waals surface area contributed by atoms with Crippen LogP contribution in [0.3, 0.4) is 0 Å². The van der Waals surface area contributed by atoms with Gasteiger partial charge in [0.25, 0.3) is 0 Å². The van der Waals surface area contributed by atoms with Crippen molar-refractivity contribution in [2.75, 3.05) is 26.2 Å². The van der Waals surface area contributed by atoms with Gasteiger partial charge in [-0.1, -0.05) is 0 Å². The quantitative estimate of drug-likeness (QED) is 0.160. The molecule has 0 aliphatic carbocycles. The monoisotopic (exact) mass is 471 g/mol. The van der Waals surface area contributed by atoms with Crippen LogP contribution in [0.5, 0.6) is 0 Å². The molecule has 1 aliphatic rings. The van der Waals surface area contributed by atoms with Crippen molar-refractivity contribution in [1.82, 2.24) is 97.2 Å². The van der Waals surface area contributed by atoms with Crippen LogP contribution in [0.2, 0.25) is 0 Å². The van der Waals surface area contributed by atoms with Gasteiger partial charge < -0.3 is 0 Å². The molecule has 0 atom stereocenters. The van der Waals surface area contributed by atoms with Gasteiger partial charge in [-0.05, 0) is 54.5 Å². The molecule has 0 spiro atoms. The molecule has 0 bridgehead atoms. The highest BCUT2D eigenvalue weighted by Gasteiger charge is 2.26. The lowest BCUT2D eigenvalue weighted by Crippen LogP contribution is -2.47. The summed E-state index contributed by atoms with van der Waals surface area (Å²) in [7, 11) is 0. The molecule has 0 unspecified atom stereocenters. The Hall–Kier alpha value is -3.84. The second-order valence-corrected chi connectivity index (χ2v) is 8.08. The predicted octanol–water partition coefficient (Wildman–Crippen LogP) is -3.09. The highest BCUT2D eigenvalue weighted by Crippen LogP contribution is 2.19. The lowest BCUT2D eigenvalue weighted by Gasteiger charge is -2.38. The molecule has 0 radical (unpaired) electrons. The van der Waals surface area contributed by atoms with Crippen molar-refractivity contribution < 1.29 is 0 Å². The van der Waals surface area contributed by atoms with Crippen molar-refractivity contribution in [3.8, 4) is 0 Å². The molecular formula is C15H25N19. The van der Waals surface area contributed by atoms with Gasteiger partial charge in [0.15, 0.2) is 23.3 Å². The standard InChI is InChI=1S/C15H25N19/c1-3-32(7-12-16-24-25-17-12)4-2-11(1)34(10-15-22-30-31-23-15)6-5-33(8-13-18-26-27-19-13)9-14-20-28-29-21-14/h11H,1-10H2,(H,16,17,24,25)(H,18,19,26,27)(H,20,21,28,29)(H,22,23,30,31). The molecule has 1 fully saturated rings. The van der Waals surface area contributed by atoms with Crippen LogP contribution in [0.15, 0.2) is 0 Å². The van der Waals surface area contributed by atoms with Gasteiger partial charge in [0.05, 0.1) is 26.2 Å². The summed E-state index contributed by atoms with van der Waals surface area (Å²) < 4.78 is 0. The minimum atomic E-state index is 0.384. The average molecular weight is 471 g/mol. The topological polar surface area (TPSA) is 228 Å². The largest absolute Gasteiger partial charge is 0.296 e. The van der Waals surface area contributed by atoms with Gasteiger partial charge in [0.1, 0.15) is 0 Å². The van der Waals surface area contributed by atoms with Crippen molar-refractivity contribution in [2.24, 2.45) is 0 Å². The minimum absolute atomic E-state index is 0.384. The lowest BCUT2D eigenvalue weighted by molar-refractivity contribution is 0.0822. The Balaban J connectivity index is 1.21. The zero-order chi connectivity index (χ0) is 23.0. The number of hydrogen-bond acceptors (Lipinski definition) is 15. The number of rotatable bonds is 12. The first kappa shape index (κ1) is 22.0. The summed E-state index contributed by atoms with van der Waals surface area (Å²) >= 11 is 0. The number of tetrazole rings is 4. The summed E-state index contributed by atoms with van der Waals surface area (Å²) in [5.74, 6) is 2.87. The number of hydrogen-bond donors (Lipinski definition) is 4. The van der Waals surface area contributed by atoms with Crippen LogP contribution >= 0.6 is 0 Å². The second kappa shape index (κ2) is 10.9. The molecule has 0 amide bonds. The molecule has 19 nitrogen and oxygen atoms in total. The van der Waals surface area contributed by atoms with Crippen LogP contribution in [0.4, 0.5) is 0 Å². The van der Waals surface area contributed by atoms with Crippen LogP contribution in [0.1, 0.15) is 36.1 Å². The predicted molar refractivity (Wildman–Crippen MR) is 110 cm³/mol. The van der Waals surface area contributed by atoms with E-state index in [2.05, 4.69) is 97.2 Å². The molecule has 1 saturated heterocycles. The summed E-state index contributed by atoms with van der Waals surface area (Å²) in [4.78, 5) is 6.95. The first-order valence-corrected chi connectivity index (χ1v) is 10.9. The van der Waals surface area contributed by atoms with E-state index in [0.29, 0.717) is 37.3 Å². The summed E-state index contributed by atoms with van der Waals surface area (Å²) in [6.07, 6.45) is 2.03. The third-order valence-electron chi connectivity index (χ3n) is 5.81. The Kier molecular flexibility index (Phi) is 7.01. The molecule has 5 heterocycles. The first-order valence-electron chi connectivity index (χ1n) is 10.9. The third kappa shape index (κ3) is 5.94. The van der Waals surface area contributed by atoms with E-state index >= 15 is 0 Å². The Labute approximate surface area is 192 Å². The molecule has 0 aromatic carbocycles. The first-order chi connectivity index (χ1) is 16.8. The van der Waals surface area contributed by atoms with E-state index in [9.17, 15) is 0 Å². The number of nitrogens with zero attached hydrogens (tertiary/aromatic N) is 15. The van der Waals surface area contributed by atoms with Gasteiger partial charge in [0.2, 0.25) is 0 Å². The van der Waals surface area contributed by atoms with Gasteiger partial charge >= 0.3 is 0 Å². The molecule has 19 heteroatoms. The van der Waals surface area contributed by atoms with Crippen molar-refractivity contribution in [2.45, 2.75) is 45.1 Å². The van der Waals surface area contributed by atoms with E-state index in [0.717, 1.165) is 57.2 Å². The minimum Gasteiger partial charge on any atom is -0.296 e. The number of H-pyrrole nitrogens is 4. The fraction of sp³-hybridized carbons (Fsp3) is 0.733. The maximum absolute atomic E-state index is 4.09. The Bertz CT molecular complexity index is 1000. The molecule has 0 saturated carbocycles. The highest BCUT2D eigenvalue weighted by atomic mass is 15.5. The second-order valence-electron chi connectivity index (χ2n) is 8.08. The number of aromatic nitrogens is 16. The molecule has 4 aromatic rings. The van der Waals surface area contributed by atoms with Gasteiger partial charge in [-0.2, -0.15) is 0 Å². The normalized spacial score (nSPS) is 15.6. The van der Waals surface area contributed by atoms with Gasteiger partial charge in [-0.3, -0.25) is 14.7 Å². The molecular weight excluding hydrogens is 446 g/mol. The number of nitrogens with one attached hydrogen (secondary N) is 4. The Morgan fingerprint density at radius 1 is 0.647 bits per heavy atom. The maximum Gasteiger partial charge on any atom is 0.162 e. The maximum atomic E-state index is 4.09. The van der Waals surface area contributed by atoms with E-state index in [-0.39, 0.29) is 0 Å². The van der Waals surface area contributed by atoms with E-state index in [4.69, 9.17) is 0 Å². The molecule has 5 rings (SSSR count). The van der Waals surface area contributed by atoms with Crippen molar-refractivity contribution in [3.05, 3.63) is 23.3 Å². The third-order valence-corrected chi connectivity index (χ3v) is 5.81. The number of aromatic amines is 4. The summed E-state index contributed by atoms with van der Waals surface area (Å²) in [6, 6.07) is 0.384. The average Bonchev–Trinajstić information content (AvgIpc) is 3.67. The SMILES string of the molecule is C1CN(Cc2nnn[nH]2)CCC1N(CCN(Cc1nnn[nH]1)Cc1nnn[nH]1)Cc1nnn[nH]1. The van der Waals surface area contributed by atoms with Crippen molar-refractivity contribution >= 4 is 0 Å². The fourth-order valence-electron chi connectivity index (χ4n) is 4.13.